The molecule has 0 atom stereocenters. The Labute approximate surface area is 108 Å². The van der Waals surface area contributed by atoms with Crippen LogP contribution in [-0.2, 0) is 0 Å². The van der Waals surface area contributed by atoms with Gasteiger partial charge in [-0.3, -0.25) is 5.01 Å². The number of hydrazine groups is 1. The summed E-state index contributed by atoms with van der Waals surface area (Å²) < 4.78 is 0. The van der Waals surface area contributed by atoms with Crippen LogP contribution in [0.15, 0.2) is 24.3 Å². The Balaban J connectivity index is 2.71. The maximum atomic E-state index is 5.53. The van der Waals surface area contributed by atoms with Crippen LogP contribution < -0.4 is 16.1 Å². The van der Waals surface area contributed by atoms with E-state index < -0.39 is 0 Å². The molecule has 5 heteroatoms. The molecule has 0 aliphatic carbocycles. The van der Waals surface area contributed by atoms with Gasteiger partial charge in [0.25, 0.3) is 0 Å². The smallest absolute Gasteiger partial charge is 0.187 e. The lowest BCUT2D eigenvalue weighted by Gasteiger charge is -2.21. The Morgan fingerprint density at radius 2 is 1.76 bits per heavy atom. The van der Waals surface area contributed by atoms with Gasteiger partial charge in [-0.25, -0.2) is 5.84 Å². The van der Waals surface area contributed by atoms with Crippen molar-refractivity contribution >= 4 is 28.7 Å². The van der Waals surface area contributed by atoms with Crippen LogP contribution in [0.5, 0.6) is 0 Å². The summed E-state index contributed by atoms with van der Waals surface area (Å²) >= 11 is 5.07. The monoisotopic (exact) mass is 252 g/mol. The SMILES string of the molecule is CCN(CC)c1ccc(NC(=S)N(C)N)cc1. The molecule has 0 unspecified atom stereocenters. The van der Waals surface area contributed by atoms with Crippen molar-refractivity contribution in [3.63, 3.8) is 0 Å². The van der Waals surface area contributed by atoms with Gasteiger partial charge in [0.15, 0.2) is 5.11 Å². The molecule has 0 aliphatic heterocycles. The molecule has 0 heterocycles. The fourth-order valence-corrected chi connectivity index (χ4v) is 1.67. The predicted octanol–water partition coefficient (Wildman–Crippen LogP) is 2.04. The van der Waals surface area contributed by atoms with Gasteiger partial charge in [0, 0.05) is 31.5 Å². The average molecular weight is 252 g/mol. The van der Waals surface area contributed by atoms with E-state index in [9.17, 15) is 0 Å². The van der Waals surface area contributed by atoms with Gasteiger partial charge in [0.2, 0.25) is 0 Å². The van der Waals surface area contributed by atoms with Crippen LogP contribution in [0.2, 0.25) is 0 Å². The van der Waals surface area contributed by atoms with Crippen molar-refractivity contribution in [3.05, 3.63) is 24.3 Å². The maximum absolute atomic E-state index is 5.53. The second-order valence-electron chi connectivity index (χ2n) is 3.76. The summed E-state index contributed by atoms with van der Waals surface area (Å²) in [7, 11) is 1.71. The van der Waals surface area contributed by atoms with Crippen LogP contribution in [0.25, 0.3) is 0 Å². The van der Waals surface area contributed by atoms with Crippen molar-refractivity contribution in [2.24, 2.45) is 5.84 Å². The summed E-state index contributed by atoms with van der Waals surface area (Å²) in [6, 6.07) is 8.16. The lowest BCUT2D eigenvalue weighted by Crippen LogP contribution is -2.36. The molecule has 1 aromatic carbocycles. The highest BCUT2D eigenvalue weighted by atomic mass is 32.1. The molecule has 0 saturated heterocycles. The van der Waals surface area contributed by atoms with Crippen LogP contribution in [0.4, 0.5) is 11.4 Å². The van der Waals surface area contributed by atoms with Gasteiger partial charge in [0.05, 0.1) is 0 Å². The summed E-state index contributed by atoms with van der Waals surface area (Å²) in [5.74, 6) is 5.53. The normalized spacial score (nSPS) is 9.88. The molecule has 0 aliphatic rings. The van der Waals surface area contributed by atoms with E-state index in [2.05, 4.69) is 36.2 Å². The third kappa shape index (κ3) is 3.87. The fraction of sp³-hybridized carbons (Fsp3) is 0.417. The number of hydrogen-bond donors (Lipinski definition) is 2. The number of nitrogens with zero attached hydrogens (tertiary/aromatic N) is 2. The molecule has 0 radical (unpaired) electrons. The van der Waals surface area contributed by atoms with Crippen molar-refractivity contribution in [2.45, 2.75) is 13.8 Å². The maximum Gasteiger partial charge on any atom is 0.187 e. The molecule has 0 aromatic heterocycles. The van der Waals surface area contributed by atoms with Crippen molar-refractivity contribution in [1.29, 1.82) is 0 Å². The standard InChI is InChI=1S/C12H20N4S/c1-4-16(5-2)11-8-6-10(7-9-11)14-12(17)15(3)13/h6-9H,4-5,13H2,1-3H3,(H,14,17). The Morgan fingerprint density at radius 1 is 1.24 bits per heavy atom. The van der Waals surface area contributed by atoms with E-state index >= 15 is 0 Å². The fourth-order valence-electron chi connectivity index (χ4n) is 1.56. The lowest BCUT2D eigenvalue weighted by atomic mass is 10.2. The molecule has 1 rings (SSSR count). The number of nitrogens with one attached hydrogen (secondary N) is 1. The van der Waals surface area contributed by atoms with Gasteiger partial charge < -0.3 is 10.2 Å². The van der Waals surface area contributed by atoms with Gasteiger partial charge >= 0.3 is 0 Å². The number of nitrogens with two attached hydrogens (primary N) is 1. The van der Waals surface area contributed by atoms with Crippen molar-refractivity contribution < 1.29 is 0 Å². The molecule has 3 N–H and O–H groups in total. The largest absolute Gasteiger partial charge is 0.372 e. The Bertz CT molecular complexity index is 357. The molecule has 0 bridgehead atoms. The highest BCUT2D eigenvalue weighted by Gasteiger charge is 2.03. The second kappa shape index (κ2) is 6.42. The molecule has 94 valence electrons. The zero-order valence-electron chi connectivity index (χ0n) is 10.6. The second-order valence-corrected chi connectivity index (χ2v) is 4.15. The third-order valence-corrected chi connectivity index (χ3v) is 2.96. The van der Waals surface area contributed by atoms with E-state index in [0.717, 1.165) is 18.8 Å². The highest BCUT2D eigenvalue weighted by molar-refractivity contribution is 7.80. The summed E-state index contributed by atoms with van der Waals surface area (Å²) in [5.41, 5.74) is 2.16. The van der Waals surface area contributed by atoms with Crippen molar-refractivity contribution in [2.75, 3.05) is 30.4 Å². The molecule has 0 saturated carbocycles. The molecule has 4 nitrogen and oxygen atoms in total. The first-order chi connectivity index (χ1) is 8.08. The molecular weight excluding hydrogens is 232 g/mol. The van der Waals surface area contributed by atoms with E-state index in [-0.39, 0.29) is 0 Å². The predicted molar refractivity (Wildman–Crippen MR) is 78.2 cm³/mol. The lowest BCUT2D eigenvalue weighted by molar-refractivity contribution is 0.548. The minimum atomic E-state index is 0.501. The molecule has 1 aromatic rings. The van der Waals surface area contributed by atoms with Crippen LogP contribution in [0.3, 0.4) is 0 Å². The number of anilines is 2. The van der Waals surface area contributed by atoms with Gasteiger partial charge in [0.1, 0.15) is 0 Å². The molecule has 0 fully saturated rings. The van der Waals surface area contributed by atoms with E-state index in [1.165, 1.54) is 10.7 Å². The van der Waals surface area contributed by atoms with Gasteiger partial charge in [-0.1, -0.05) is 0 Å². The van der Waals surface area contributed by atoms with E-state index in [4.69, 9.17) is 18.1 Å². The van der Waals surface area contributed by atoms with Gasteiger partial charge in [-0.15, -0.1) is 0 Å². The van der Waals surface area contributed by atoms with Crippen molar-refractivity contribution in [1.82, 2.24) is 5.01 Å². The Hall–Kier alpha value is -1.33. The Kier molecular flexibility index (Phi) is 5.18. The number of benzene rings is 1. The number of rotatable bonds is 4. The van der Waals surface area contributed by atoms with Crippen molar-refractivity contribution in [3.8, 4) is 0 Å². The first-order valence-electron chi connectivity index (χ1n) is 5.72. The van der Waals surface area contributed by atoms with Gasteiger partial charge in [-0.05, 0) is 50.3 Å². The first-order valence-corrected chi connectivity index (χ1v) is 6.13. The Morgan fingerprint density at radius 3 is 2.18 bits per heavy atom. The summed E-state index contributed by atoms with van der Waals surface area (Å²) in [6.07, 6.45) is 0. The summed E-state index contributed by atoms with van der Waals surface area (Å²) in [5, 5.41) is 4.94. The number of hydrogen-bond acceptors (Lipinski definition) is 3. The minimum Gasteiger partial charge on any atom is -0.372 e. The highest BCUT2D eigenvalue weighted by Crippen LogP contribution is 2.17. The molecule has 0 amide bonds. The zero-order valence-corrected chi connectivity index (χ0v) is 11.4. The topological polar surface area (TPSA) is 44.5 Å². The van der Waals surface area contributed by atoms with E-state index in [1.807, 2.05) is 12.1 Å². The minimum absolute atomic E-state index is 0.501. The van der Waals surface area contributed by atoms with E-state index in [1.54, 1.807) is 7.05 Å². The summed E-state index contributed by atoms with van der Waals surface area (Å²) in [4.78, 5) is 2.29. The first kappa shape index (κ1) is 13.7. The molecular formula is C12H20N4S. The molecule has 17 heavy (non-hydrogen) atoms. The van der Waals surface area contributed by atoms with Gasteiger partial charge in [-0.2, -0.15) is 0 Å². The van der Waals surface area contributed by atoms with Crippen LogP contribution >= 0.6 is 12.2 Å². The molecule has 0 spiro atoms. The quantitative estimate of drug-likeness (QED) is 0.488. The van der Waals surface area contributed by atoms with E-state index in [0.29, 0.717) is 5.11 Å². The van der Waals surface area contributed by atoms with Crippen LogP contribution in [0.1, 0.15) is 13.8 Å². The summed E-state index contributed by atoms with van der Waals surface area (Å²) in [6.45, 7) is 6.31. The number of thiocarbonyl (C=S) groups is 1. The van der Waals surface area contributed by atoms with Crippen LogP contribution in [-0.4, -0.2) is 30.3 Å². The third-order valence-electron chi connectivity index (χ3n) is 2.57. The van der Waals surface area contributed by atoms with Crippen LogP contribution in [0, 0.1) is 0 Å². The zero-order chi connectivity index (χ0) is 12.8. The average Bonchev–Trinajstić information content (AvgIpc) is 2.32.